The summed E-state index contributed by atoms with van der Waals surface area (Å²) < 4.78 is 27.1. The van der Waals surface area contributed by atoms with E-state index < -0.39 is 0 Å². The topological polar surface area (TPSA) is 49.4 Å². The highest BCUT2D eigenvalue weighted by Gasteiger charge is 2.39. The summed E-state index contributed by atoms with van der Waals surface area (Å²) in [7, 11) is 0. The largest absolute Gasteiger partial charge is 0.352 e. The molecule has 6 heteroatoms. The summed E-state index contributed by atoms with van der Waals surface area (Å²) in [5.41, 5.74) is 2.20. The fourth-order valence-corrected chi connectivity index (χ4v) is 4.20. The Morgan fingerprint density at radius 3 is 2.57 bits per heavy atom. The van der Waals surface area contributed by atoms with E-state index in [4.69, 9.17) is 0 Å². The molecule has 2 aliphatic rings. The summed E-state index contributed by atoms with van der Waals surface area (Å²) in [6.45, 7) is 2.90. The monoisotopic (exact) mass is 412 g/mol. The van der Waals surface area contributed by atoms with Gasteiger partial charge in [0.25, 0.3) is 0 Å². The van der Waals surface area contributed by atoms with Crippen LogP contribution < -0.4 is 5.32 Å². The van der Waals surface area contributed by atoms with E-state index in [-0.39, 0.29) is 47.7 Å². The number of nitrogens with one attached hydrogen (secondary N) is 1. The van der Waals surface area contributed by atoms with Crippen molar-refractivity contribution in [2.24, 2.45) is 11.8 Å². The van der Waals surface area contributed by atoms with Crippen molar-refractivity contribution in [1.82, 2.24) is 10.2 Å². The molecule has 0 unspecified atom stereocenters. The van der Waals surface area contributed by atoms with Crippen molar-refractivity contribution >= 4 is 11.8 Å². The second kappa shape index (κ2) is 8.54. The van der Waals surface area contributed by atoms with Crippen LogP contribution in [0.15, 0.2) is 42.5 Å². The number of likely N-dealkylation sites (tertiary alicyclic amines) is 1. The van der Waals surface area contributed by atoms with Crippen molar-refractivity contribution in [2.75, 3.05) is 13.1 Å². The summed E-state index contributed by atoms with van der Waals surface area (Å²) in [5.74, 6) is -0.930. The zero-order valence-corrected chi connectivity index (χ0v) is 17.0. The summed E-state index contributed by atoms with van der Waals surface area (Å²) >= 11 is 0. The zero-order valence-electron chi connectivity index (χ0n) is 17.0. The summed E-state index contributed by atoms with van der Waals surface area (Å²) in [6.07, 6.45) is 2.41. The molecule has 0 aromatic heterocycles. The second-order valence-electron chi connectivity index (χ2n) is 8.50. The molecular formula is C24H26F2N2O2. The molecule has 0 spiro atoms. The van der Waals surface area contributed by atoms with Gasteiger partial charge < -0.3 is 10.2 Å². The van der Waals surface area contributed by atoms with Gasteiger partial charge in [-0.2, -0.15) is 0 Å². The molecular weight excluding hydrogens is 386 g/mol. The highest BCUT2D eigenvalue weighted by Crippen LogP contribution is 2.36. The molecule has 2 aromatic rings. The number of amides is 2. The molecule has 0 radical (unpaired) electrons. The van der Waals surface area contributed by atoms with E-state index in [9.17, 15) is 18.4 Å². The lowest BCUT2D eigenvalue weighted by atomic mass is 9.83. The van der Waals surface area contributed by atoms with Crippen LogP contribution in [-0.4, -0.2) is 29.8 Å². The maximum atomic E-state index is 13.7. The van der Waals surface area contributed by atoms with Crippen LogP contribution in [0.2, 0.25) is 0 Å². The van der Waals surface area contributed by atoms with Gasteiger partial charge in [0, 0.05) is 31.5 Å². The Kier molecular flexibility index (Phi) is 5.84. The summed E-state index contributed by atoms with van der Waals surface area (Å²) in [5, 5.41) is 2.89. The molecule has 1 aliphatic heterocycles. The number of hydrogen-bond donors (Lipinski definition) is 1. The molecule has 1 aliphatic carbocycles. The summed E-state index contributed by atoms with van der Waals surface area (Å²) in [6, 6.07) is 11.1. The van der Waals surface area contributed by atoms with Gasteiger partial charge >= 0.3 is 0 Å². The third-order valence-electron chi connectivity index (χ3n) is 6.07. The first-order valence-corrected chi connectivity index (χ1v) is 10.5. The highest BCUT2D eigenvalue weighted by atomic mass is 19.1. The van der Waals surface area contributed by atoms with Crippen LogP contribution in [0, 0.1) is 30.4 Å². The van der Waals surface area contributed by atoms with Crippen molar-refractivity contribution in [1.29, 1.82) is 0 Å². The maximum Gasteiger partial charge on any atom is 0.225 e. The van der Waals surface area contributed by atoms with Gasteiger partial charge in [-0.25, -0.2) is 8.78 Å². The molecule has 1 N–H and O–H groups in total. The Hall–Kier alpha value is -2.76. The lowest BCUT2D eigenvalue weighted by molar-refractivity contribution is -0.137. The van der Waals surface area contributed by atoms with Crippen molar-refractivity contribution in [3.05, 3.63) is 70.8 Å². The van der Waals surface area contributed by atoms with Crippen molar-refractivity contribution in [3.63, 3.8) is 0 Å². The fourth-order valence-electron chi connectivity index (χ4n) is 4.20. The molecule has 158 valence electrons. The van der Waals surface area contributed by atoms with Crippen LogP contribution in [0.5, 0.6) is 0 Å². The number of aryl methyl sites for hydroxylation is 1. The first kappa shape index (κ1) is 20.5. The third kappa shape index (κ3) is 4.69. The van der Waals surface area contributed by atoms with Crippen molar-refractivity contribution in [2.45, 2.75) is 38.6 Å². The van der Waals surface area contributed by atoms with E-state index in [0.29, 0.717) is 30.6 Å². The quantitative estimate of drug-likeness (QED) is 0.809. The fraction of sp³-hybridized carbons (Fsp3) is 0.417. The van der Waals surface area contributed by atoms with Gasteiger partial charge in [0.2, 0.25) is 11.8 Å². The SMILES string of the molecule is Cc1cc([C@@H]2C[C@@H](C(=O)NCc3cccc(F)c3)CN(C(=O)C3CC3)C2)ccc1F. The van der Waals surface area contributed by atoms with Gasteiger partial charge in [-0.05, 0) is 61.1 Å². The van der Waals surface area contributed by atoms with Gasteiger partial charge in [0.15, 0.2) is 0 Å². The molecule has 0 bridgehead atoms. The molecule has 2 amide bonds. The Morgan fingerprint density at radius 2 is 1.87 bits per heavy atom. The first-order valence-electron chi connectivity index (χ1n) is 10.5. The van der Waals surface area contributed by atoms with Gasteiger partial charge in [-0.3, -0.25) is 9.59 Å². The molecule has 1 saturated heterocycles. The predicted molar refractivity (Wildman–Crippen MR) is 110 cm³/mol. The van der Waals surface area contributed by atoms with E-state index in [1.807, 2.05) is 6.07 Å². The number of rotatable bonds is 5. The molecule has 1 saturated carbocycles. The van der Waals surface area contributed by atoms with Crippen molar-refractivity contribution < 1.29 is 18.4 Å². The van der Waals surface area contributed by atoms with Gasteiger partial charge in [0.05, 0.1) is 5.92 Å². The standard InChI is InChI=1S/C24H26F2N2O2/c1-15-9-18(7-8-22(15)26)19-11-20(14-28(13-19)24(30)17-5-6-17)23(29)27-12-16-3-2-4-21(25)10-16/h2-4,7-10,17,19-20H,5-6,11-14H2,1H3,(H,27,29)/t19-,20-/m1/s1. The third-order valence-corrected chi connectivity index (χ3v) is 6.07. The van der Waals surface area contributed by atoms with Gasteiger partial charge in [0.1, 0.15) is 11.6 Å². The van der Waals surface area contributed by atoms with E-state index >= 15 is 0 Å². The van der Waals surface area contributed by atoms with E-state index in [0.717, 1.165) is 18.4 Å². The average molecular weight is 412 g/mol. The van der Waals surface area contributed by atoms with Crippen LogP contribution in [-0.2, 0) is 16.1 Å². The minimum Gasteiger partial charge on any atom is -0.352 e. The Bertz CT molecular complexity index is 958. The number of nitrogens with zero attached hydrogens (tertiary/aromatic N) is 1. The van der Waals surface area contributed by atoms with Crippen LogP contribution in [0.4, 0.5) is 8.78 Å². The van der Waals surface area contributed by atoms with Crippen molar-refractivity contribution in [3.8, 4) is 0 Å². The number of carbonyl (C=O) groups excluding carboxylic acids is 2. The number of hydrogen-bond acceptors (Lipinski definition) is 2. The number of benzene rings is 2. The zero-order chi connectivity index (χ0) is 21.3. The Balaban J connectivity index is 1.49. The molecule has 2 atom stereocenters. The molecule has 4 rings (SSSR count). The smallest absolute Gasteiger partial charge is 0.225 e. The highest BCUT2D eigenvalue weighted by molar-refractivity contribution is 5.83. The van der Waals surface area contributed by atoms with Crippen LogP contribution >= 0.6 is 0 Å². The second-order valence-corrected chi connectivity index (χ2v) is 8.50. The number of carbonyl (C=O) groups is 2. The molecule has 1 heterocycles. The summed E-state index contributed by atoms with van der Waals surface area (Å²) in [4.78, 5) is 27.4. The average Bonchev–Trinajstić information content (AvgIpc) is 3.58. The van der Waals surface area contributed by atoms with E-state index in [1.54, 1.807) is 30.0 Å². The number of halogens is 2. The first-order chi connectivity index (χ1) is 14.4. The van der Waals surface area contributed by atoms with E-state index in [1.165, 1.54) is 18.2 Å². The molecule has 30 heavy (non-hydrogen) atoms. The predicted octanol–water partition coefficient (Wildman–Crippen LogP) is 3.93. The Morgan fingerprint density at radius 1 is 1.07 bits per heavy atom. The Labute approximate surface area is 175 Å². The maximum absolute atomic E-state index is 13.7. The number of piperidine rings is 1. The molecule has 2 fully saturated rings. The van der Waals surface area contributed by atoms with Crippen LogP contribution in [0.3, 0.4) is 0 Å². The van der Waals surface area contributed by atoms with Gasteiger partial charge in [-0.15, -0.1) is 0 Å². The minimum atomic E-state index is -0.356. The van der Waals surface area contributed by atoms with E-state index in [2.05, 4.69) is 5.32 Å². The minimum absolute atomic E-state index is 0.0225. The normalized spacial score (nSPS) is 21.4. The lowest BCUT2D eigenvalue weighted by Gasteiger charge is -2.37. The van der Waals surface area contributed by atoms with Gasteiger partial charge in [-0.1, -0.05) is 24.3 Å². The van der Waals surface area contributed by atoms with Crippen LogP contribution in [0.25, 0.3) is 0 Å². The lowest BCUT2D eigenvalue weighted by Crippen LogP contribution is -2.48. The molecule has 4 nitrogen and oxygen atoms in total. The molecule has 2 aromatic carbocycles. The van der Waals surface area contributed by atoms with Crippen LogP contribution in [0.1, 0.15) is 41.9 Å².